The van der Waals surface area contributed by atoms with Crippen molar-refractivity contribution in [2.24, 2.45) is 11.8 Å². The van der Waals surface area contributed by atoms with Crippen molar-refractivity contribution in [3.05, 3.63) is 39.6 Å². The van der Waals surface area contributed by atoms with Crippen molar-refractivity contribution in [2.45, 2.75) is 64.4 Å². The van der Waals surface area contributed by atoms with E-state index in [0.717, 1.165) is 16.3 Å². The highest BCUT2D eigenvalue weighted by Gasteiger charge is 2.34. The molecule has 3 aliphatic rings. The zero-order chi connectivity index (χ0) is 18.1. The Morgan fingerprint density at radius 3 is 2.92 bits per heavy atom. The van der Waals surface area contributed by atoms with Gasteiger partial charge in [-0.25, -0.2) is 0 Å². The molecule has 1 heterocycles. The zero-order valence-electron chi connectivity index (χ0n) is 15.4. The molecule has 0 aromatic carbocycles. The highest BCUT2D eigenvalue weighted by Crippen LogP contribution is 2.47. The number of nitrogens with zero attached hydrogens (tertiary/aromatic N) is 3. The predicted molar refractivity (Wildman–Crippen MR) is 103 cm³/mol. The van der Waals surface area contributed by atoms with Crippen molar-refractivity contribution < 1.29 is 4.74 Å². The maximum atomic E-state index is 9.51. The molecule has 5 heteroatoms. The molecule has 26 heavy (non-hydrogen) atoms. The number of aromatic nitrogens is 2. The Morgan fingerprint density at radius 2 is 2.12 bits per heavy atom. The predicted octanol–water partition coefficient (Wildman–Crippen LogP) is 5.38. The average molecular weight is 368 g/mol. The Bertz CT molecular complexity index is 811. The summed E-state index contributed by atoms with van der Waals surface area (Å²) in [6.07, 6.45) is 13.4. The van der Waals surface area contributed by atoms with Crippen molar-refractivity contribution in [1.29, 1.82) is 5.26 Å². The van der Waals surface area contributed by atoms with Gasteiger partial charge in [0.05, 0.1) is 12.2 Å². The number of hydrogen-bond acceptors (Lipinski definition) is 5. The number of fused-ring (bicyclic) bond motifs is 1. The van der Waals surface area contributed by atoms with Crippen molar-refractivity contribution in [3.8, 4) is 6.07 Å². The van der Waals surface area contributed by atoms with Crippen molar-refractivity contribution in [3.63, 3.8) is 0 Å². The Morgan fingerprint density at radius 1 is 1.23 bits per heavy atom. The van der Waals surface area contributed by atoms with E-state index < -0.39 is 0 Å². The molecule has 1 aromatic heterocycles. The number of ether oxygens (including phenoxy) is 1. The fraction of sp³-hybridized carbons (Fsp3) is 0.571. The maximum Gasteiger partial charge on any atom is 0.143 e. The summed E-state index contributed by atoms with van der Waals surface area (Å²) in [7, 11) is 0. The van der Waals surface area contributed by atoms with Crippen molar-refractivity contribution in [1.82, 2.24) is 10.2 Å². The summed E-state index contributed by atoms with van der Waals surface area (Å²) in [5.74, 6) is 1.76. The zero-order valence-corrected chi connectivity index (χ0v) is 16.3. The fourth-order valence-electron chi connectivity index (χ4n) is 4.42. The van der Waals surface area contributed by atoms with Crippen LogP contribution in [0.4, 0.5) is 0 Å². The van der Waals surface area contributed by atoms with Crippen LogP contribution in [0.5, 0.6) is 0 Å². The SMILES string of the molecule is CC(C)OC1=CC=C(c2nnc(C3CCC=C4CCC[C@H]43)s2)CC1C#N. The molecule has 3 aliphatic carbocycles. The molecule has 4 nitrogen and oxygen atoms in total. The first-order chi connectivity index (χ1) is 12.7. The van der Waals surface area contributed by atoms with Gasteiger partial charge in [-0.2, -0.15) is 5.26 Å². The maximum absolute atomic E-state index is 9.51. The summed E-state index contributed by atoms with van der Waals surface area (Å²) in [6, 6.07) is 2.37. The normalized spacial score (nSPS) is 28.1. The topological polar surface area (TPSA) is 58.8 Å². The third-order valence-electron chi connectivity index (χ3n) is 5.60. The average Bonchev–Trinajstić information content (AvgIpc) is 3.30. The van der Waals surface area contributed by atoms with Crippen LogP contribution in [-0.2, 0) is 4.74 Å². The molecule has 2 unspecified atom stereocenters. The number of nitriles is 1. The molecule has 0 aliphatic heterocycles. The largest absolute Gasteiger partial charge is 0.494 e. The minimum atomic E-state index is -0.233. The van der Waals surface area contributed by atoms with Crippen LogP contribution in [0.25, 0.3) is 5.57 Å². The molecule has 0 amide bonds. The summed E-state index contributed by atoms with van der Waals surface area (Å²) in [5.41, 5.74) is 2.76. The highest BCUT2D eigenvalue weighted by molar-refractivity contribution is 7.12. The van der Waals surface area contributed by atoms with E-state index in [1.54, 1.807) is 16.9 Å². The minimum absolute atomic E-state index is 0.0835. The third-order valence-corrected chi connectivity index (χ3v) is 6.73. The van der Waals surface area contributed by atoms with Gasteiger partial charge < -0.3 is 4.74 Å². The summed E-state index contributed by atoms with van der Waals surface area (Å²) in [6.45, 7) is 3.98. The highest BCUT2D eigenvalue weighted by atomic mass is 32.1. The van der Waals surface area contributed by atoms with E-state index in [1.807, 2.05) is 19.9 Å². The van der Waals surface area contributed by atoms with E-state index in [-0.39, 0.29) is 12.0 Å². The summed E-state index contributed by atoms with van der Waals surface area (Å²) in [5, 5.41) is 20.7. The van der Waals surface area contributed by atoms with E-state index in [4.69, 9.17) is 4.74 Å². The molecule has 136 valence electrons. The third kappa shape index (κ3) is 3.35. The number of rotatable bonds is 4. The van der Waals surface area contributed by atoms with Crippen molar-refractivity contribution in [2.75, 3.05) is 0 Å². The van der Waals surface area contributed by atoms with Gasteiger partial charge in [0.15, 0.2) is 0 Å². The molecule has 3 atom stereocenters. The molecule has 0 saturated heterocycles. The van der Waals surface area contributed by atoms with Gasteiger partial charge in [0.1, 0.15) is 21.7 Å². The summed E-state index contributed by atoms with van der Waals surface area (Å²) < 4.78 is 5.78. The van der Waals surface area contributed by atoms with Gasteiger partial charge in [-0.1, -0.05) is 29.1 Å². The molecule has 0 N–H and O–H groups in total. The lowest BCUT2D eigenvalue weighted by Gasteiger charge is -2.26. The molecule has 0 spiro atoms. The van der Waals surface area contributed by atoms with Crippen LogP contribution in [0.15, 0.2) is 29.6 Å². The molecule has 0 radical (unpaired) electrons. The van der Waals surface area contributed by atoms with Crippen molar-refractivity contribution >= 4 is 16.9 Å². The Kier molecular flexibility index (Phi) is 4.95. The molecule has 1 saturated carbocycles. The van der Waals surface area contributed by atoms with Crippen LogP contribution in [0.3, 0.4) is 0 Å². The van der Waals surface area contributed by atoms with Gasteiger partial charge in [-0.05, 0) is 69.9 Å². The van der Waals surface area contributed by atoms with Crippen LogP contribution >= 0.6 is 11.3 Å². The lowest BCUT2D eigenvalue weighted by atomic mass is 9.80. The number of allylic oxidation sites excluding steroid dienone is 6. The second kappa shape index (κ2) is 7.36. The van der Waals surface area contributed by atoms with Crippen LogP contribution in [0.1, 0.15) is 68.3 Å². The first-order valence-electron chi connectivity index (χ1n) is 9.65. The quantitative estimate of drug-likeness (QED) is 0.671. The minimum Gasteiger partial charge on any atom is -0.494 e. The molecule has 1 aromatic rings. The fourth-order valence-corrected chi connectivity index (χ4v) is 5.50. The smallest absolute Gasteiger partial charge is 0.143 e. The van der Waals surface area contributed by atoms with Gasteiger partial charge in [0.2, 0.25) is 0 Å². The number of hydrogen-bond donors (Lipinski definition) is 0. The van der Waals surface area contributed by atoms with E-state index in [1.165, 1.54) is 37.1 Å². The molecular weight excluding hydrogens is 342 g/mol. The first-order valence-corrected chi connectivity index (χ1v) is 10.5. The summed E-state index contributed by atoms with van der Waals surface area (Å²) >= 11 is 1.73. The van der Waals surface area contributed by atoms with Gasteiger partial charge in [0, 0.05) is 5.92 Å². The monoisotopic (exact) mass is 367 g/mol. The van der Waals surface area contributed by atoms with Crippen LogP contribution in [0, 0.1) is 23.2 Å². The Hall–Kier alpha value is -1.93. The second-order valence-electron chi connectivity index (χ2n) is 7.72. The molecule has 0 bridgehead atoms. The van der Waals surface area contributed by atoms with E-state index in [0.29, 0.717) is 18.3 Å². The Labute approximate surface area is 159 Å². The van der Waals surface area contributed by atoms with Gasteiger partial charge in [-0.3, -0.25) is 0 Å². The molecule has 1 fully saturated rings. The van der Waals surface area contributed by atoms with Gasteiger partial charge in [0.25, 0.3) is 0 Å². The van der Waals surface area contributed by atoms with Gasteiger partial charge >= 0.3 is 0 Å². The lowest BCUT2D eigenvalue weighted by Crippen LogP contribution is -2.14. The summed E-state index contributed by atoms with van der Waals surface area (Å²) in [4.78, 5) is 0. The van der Waals surface area contributed by atoms with Gasteiger partial charge in [-0.15, -0.1) is 10.2 Å². The standard InChI is InChI=1S/C21H25N3OS/c1-13(2)25-19-10-9-15(11-16(19)12-22)20-23-24-21(26-20)18-8-4-6-14-5-3-7-17(14)18/h6,9-10,13,16-18H,3-5,7-8,11H2,1-2H3/t16?,17-,18?/m1/s1. The van der Waals surface area contributed by atoms with E-state index in [2.05, 4.69) is 28.4 Å². The molecule has 4 rings (SSSR count). The molecular formula is C21H25N3OS. The first kappa shape index (κ1) is 17.5. The lowest BCUT2D eigenvalue weighted by molar-refractivity contribution is 0.129. The van der Waals surface area contributed by atoms with E-state index >= 15 is 0 Å². The van der Waals surface area contributed by atoms with Crippen LogP contribution in [-0.4, -0.2) is 16.3 Å². The van der Waals surface area contributed by atoms with Crippen LogP contribution in [0.2, 0.25) is 0 Å². The van der Waals surface area contributed by atoms with Crippen LogP contribution < -0.4 is 0 Å². The second-order valence-corrected chi connectivity index (χ2v) is 8.73. The van der Waals surface area contributed by atoms with E-state index in [9.17, 15) is 5.26 Å². The Balaban J connectivity index is 1.55.